The topological polar surface area (TPSA) is 62.1 Å². The summed E-state index contributed by atoms with van der Waals surface area (Å²) in [5.74, 6) is 0.141. The molecule has 0 aromatic carbocycles. The molecule has 0 radical (unpaired) electrons. The average molecular weight is 240 g/mol. The van der Waals surface area contributed by atoms with E-state index in [0.717, 1.165) is 31.4 Å². The summed E-state index contributed by atoms with van der Waals surface area (Å²) in [5.41, 5.74) is 1.12. The molecule has 2 atom stereocenters. The van der Waals surface area contributed by atoms with Gasteiger partial charge in [0.1, 0.15) is 0 Å². The molecule has 5 nitrogen and oxygen atoms in total. The highest BCUT2D eigenvalue weighted by atomic mass is 16.5. The van der Waals surface area contributed by atoms with E-state index in [1.165, 1.54) is 5.01 Å². The molecule has 1 saturated carbocycles. The maximum absolute atomic E-state index is 12.2. The number of hydrogen-bond donors (Lipinski definition) is 1. The van der Waals surface area contributed by atoms with Crippen LogP contribution in [-0.4, -0.2) is 48.6 Å². The van der Waals surface area contributed by atoms with Crippen LogP contribution in [-0.2, 0) is 9.53 Å². The van der Waals surface area contributed by atoms with Crippen molar-refractivity contribution < 1.29 is 14.6 Å². The second-order valence-electron chi connectivity index (χ2n) is 4.69. The first-order chi connectivity index (χ1) is 8.27. The molecule has 2 aliphatic rings. The number of fused-ring (bicyclic) bond motifs is 1. The number of rotatable bonds is 4. The van der Waals surface area contributed by atoms with Crippen molar-refractivity contribution in [2.75, 3.05) is 26.9 Å². The van der Waals surface area contributed by atoms with E-state index >= 15 is 0 Å². The highest BCUT2D eigenvalue weighted by molar-refractivity contribution is 5.96. The summed E-state index contributed by atoms with van der Waals surface area (Å²) < 4.78 is 5.16. The van der Waals surface area contributed by atoms with Gasteiger partial charge in [-0.1, -0.05) is 6.42 Å². The van der Waals surface area contributed by atoms with Crippen LogP contribution in [0.2, 0.25) is 0 Å². The van der Waals surface area contributed by atoms with Crippen LogP contribution in [0.25, 0.3) is 0 Å². The number of carbonyl (C=O) groups excluding carboxylic acids is 1. The zero-order valence-electron chi connectivity index (χ0n) is 10.3. The van der Waals surface area contributed by atoms with Crippen LogP contribution in [0, 0.1) is 11.8 Å². The normalized spacial score (nSPS) is 28.9. The summed E-state index contributed by atoms with van der Waals surface area (Å²) in [6.45, 7) is 0.687. The maximum atomic E-state index is 12.2. The Kier molecular flexibility index (Phi) is 4.12. The quantitative estimate of drug-likeness (QED) is 0.784. The van der Waals surface area contributed by atoms with E-state index in [-0.39, 0.29) is 30.9 Å². The zero-order valence-corrected chi connectivity index (χ0v) is 10.3. The molecular formula is C12H20N2O3. The Balaban J connectivity index is 2.20. The molecule has 0 saturated heterocycles. The Labute approximate surface area is 101 Å². The third-order valence-electron chi connectivity index (χ3n) is 3.59. The summed E-state index contributed by atoms with van der Waals surface area (Å²) in [6.07, 6.45) is 4.32. The van der Waals surface area contributed by atoms with Crippen LogP contribution in [0.4, 0.5) is 0 Å². The minimum absolute atomic E-state index is 0.00319. The van der Waals surface area contributed by atoms with Crippen molar-refractivity contribution in [2.24, 2.45) is 16.9 Å². The summed E-state index contributed by atoms with van der Waals surface area (Å²) in [7, 11) is 1.62. The van der Waals surface area contributed by atoms with Crippen LogP contribution >= 0.6 is 0 Å². The minimum atomic E-state index is -0.112. The molecule has 96 valence electrons. The number of nitrogens with zero attached hydrogens (tertiary/aromatic N) is 2. The van der Waals surface area contributed by atoms with Crippen molar-refractivity contribution in [1.82, 2.24) is 5.01 Å². The number of amides is 1. The van der Waals surface area contributed by atoms with E-state index in [4.69, 9.17) is 9.84 Å². The number of carbonyl (C=O) groups is 1. The fourth-order valence-corrected chi connectivity index (χ4v) is 2.77. The van der Waals surface area contributed by atoms with Crippen LogP contribution < -0.4 is 0 Å². The maximum Gasteiger partial charge on any atom is 0.248 e. The van der Waals surface area contributed by atoms with Crippen molar-refractivity contribution in [3.8, 4) is 0 Å². The van der Waals surface area contributed by atoms with E-state index in [9.17, 15) is 4.79 Å². The van der Waals surface area contributed by atoms with Gasteiger partial charge in [-0.05, 0) is 19.3 Å². The number of aliphatic hydroxyl groups excluding tert-OH is 1. The molecule has 2 unspecified atom stereocenters. The number of hydrazone groups is 1. The van der Waals surface area contributed by atoms with Gasteiger partial charge in [-0.3, -0.25) is 4.79 Å². The van der Waals surface area contributed by atoms with E-state index in [2.05, 4.69) is 5.10 Å². The molecule has 1 aliphatic heterocycles. The monoisotopic (exact) mass is 240 g/mol. The van der Waals surface area contributed by atoms with E-state index < -0.39 is 0 Å². The molecule has 1 heterocycles. The van der Waals surface area contributed by atoms with Gasteiger partial charge in [-0.25, -0.2) is 5.01 Å². The van der Waals surface area contributed by atoms with Crippen LogP contribution in [0.15, 0.2) is 5.10 Å². The fraction of sp³-hybridized carbons (Fsp3) is 0.833. The van der Waals surface area contributed by atoms with Crippen LogP contribution in [0.1, 0.15) is 25.7 Å². The second kappa shape index (κ2) is 5.60. The third-order valence-corrected chi connectivity index (χ3v) is 3.59. The highest BCUT2D eigenvalue weighted by Crippen LogP contribution is 2.33. The zero-order chi connectivity index (χ0) is 12.3. The predicted octanol–water partition coefficient (Wildman–Crippen LogP) is 0.630. The Hall–Kier alpha value is -0.940. The lowest BCUT2D eigenvalue weighted by molar-refractivity contribution is -0.140. The second-order valence-corrected chi connectivity index (χ2v) is 4.69. The van der Waals surface area contributed by atoms with Gasteiger partial charge in [-0.2, -0.15) is 5.10 Å². The van der Waals surface area contributed by atoms with Crippen molar-refractivity contribution in [1.29, 1.82) is 0 Å². The van der Waals surface area contributed by atoms with Gasteiger partial charge < -0.3 is 9.84 Å². The summed E-state index contributed by atoms with van der Waals surface area (Å²) in [6, 6.07) is 0. The molecule has 1 fully saturated rings. The number of methoxy groups -OCH3 is 1. The standard InChI is InChI=1S/C12H20N2O3/c1-17-8-10-9-4-2-3-5-11(9)13-14(6-7-15)12(10)16/h9-10,15H,2-8H2,1H3. The van der Waals surface area contributed by atoms with Crippen molar-refractivity contribution in [2.45, 2.75) is 25.7 Å². The molecule has 0 aromatic rings. The smallest absolute Gasteiger partial charge is 0.248 e. The largest absolute Gasteiger partial charge is 0.394 e. The molecule has 0 aromatic heterocycles. The Bertz CT molecular complexity index is 317. The minimum Gasteiger partial charge on any atom is -0.394 e. The van der Waals surface area contributed by atoms with Gasteiger partial charge in [0.15, 0.2) is 0 Å². The Morgan fingerprint density at radius 3 is 3.06 bits per heavy atom. The Morgan fingerprint density at radius 1 is 1.53 bits per heavy atom. The SMILES string of the molecule is COCC1C(=O)N(CCO)N=C2CCCCC21. The first-order valence-corrected chi connectivity index (χ1v) is 6.26. The lowest BCUT2D eigenvalue weighted by Gasteiger charge is -2.37. The Morgan fingerprint density at radius 2 is 2.35 bits per heavy atom. The van der Waals surface area contributed by atoms with Gasteiger partial charge >= 0.3 is 0 Å². The predicted molar refractivity (Wildman–Crippen MR) is 63.6 cm³/mol. The molecule has 0 bridgehead atoms. The molecule has 17 heavy (non-hydrogen) atoms. The first kappa shape index (κ1) is 12.5. The van der Waals surface area contributed by atoms with Crippen molar-refractivity contribution in [3.05, 3.63) is 0 Å². The number of aliphatic hydroxyl groups is 1. The van der Waals surface area contributed by atoms with E-state index in [1.807, 2.05) is 0 Å². The molecule has 2 rings (SSSR count). The molecule has 1 N–H and O–H groups in total. The van der Waals surface area contributed by atoms with Gasteiger partial charge in [-0.15, -0.1) is 0 Å². The van der Waals surface area contributed by atoms with E-state index in [1.54, 1.807) is 7.11 Å². The van der Waals surface area contributed by atoms with Gasteiger partial charge in [0.2, 0.25) is 5.91 Å². The van der Waals surface area contributed by atoms with Crippen LogP contribution in [0.5, 0.6) is 0 Å². The molecular weight excluding hydrogens is 220 g/mol. The third kappa shape index (κ3) is 2.50. The number of hydrogen-bond acceptors (Lipinski definition) is 4. The lowest BCUT2D eigenvalue weighted by Crippen LogP contribution is -2.48. The van der Waals surface area contributed by atoms with Gasteiger partial charge in [0.05, 0.1) is 25.7 Å². The molecule has 1 aliphatic carbocycles. The molecule has 1 amide bonds. The number of ether oxygens (including phenoxy) is 1. The fourth-order valence-electron chi connectivity index (χ4n) is 2.77. The summed E-state index contributed by atoms with van der Waals surface area (Å²) >= 11 is 0. The average Bonchev–Trinajstić information content (AvgIpc) is 2.35. The molecule has 5 heteroatoms. The summed E-state index contributed by atoms with van der Waals surface area (Å²) in [5, 5.41) is 14.8. The van der Waals surface area contributed by atoms with Gasteiger partial charge in [0.25, 0.3) is 0 Å². The lowest BCUT2D eigenvalue weighted by atomic mass is 9.77. The van der Waals surface area contributed by atoms with Crippen molar-refractivity contribution in [3.63, 3.8) is 0 Å². The number of β-amino-alcohol motifs (C(OH)–C–C–N with tert-alkyl or cyclic N) is 1. The highest BCUT2D eigenvalue weighted by Gasteiger charge is 2.39. The first-order valence-electron chi connectivity index (χ1n) is 6.26. The van der Waals surface area contributed by atoms with E-state index in [0.29, 0.717) is 6.61 Å². The molecule has 0 spiro atoms. The van der Waals surface area contributed by atoms with Crippen molar-refractivity contribution >= 4 is 11.6 Å². The summed E-state index contributed by atoms with van der Waals surface area (Å²) in [4.78, 5) is 12.2. The van der Waals surface area contributed by atoms with Gasteiger partial charge in [0, 0.05) is 18.7 Å². The van der Waals surface area contributed by atoms with Crippen LogP contribution in [0.3, 0.4) is 0 Å².